The molecule has 3 nitrogen and oxygen atoms in total. The summed E-state index contributed by atoms with van der Waals surface area (Å²) in [4.78, 5) is 0. The molecule has 1 saturated carbocycles. The predicted octanol–water partition coefficient (Wildman–Crippen LogP) is 3.84. The van der Waals surface area contributed by atoms with Crippen molar-refractivity contribution in [2.24, 2.45) is 0 Å². The smallest absolute Gasteiger partial charge is 0.139 e. The van der Waals surface area contributed by atoms with Crippen LogP contribution in [-0.2, 0) is 0 Å². The molecule has 0 unspecified atom stereocenters. The van der Waals surface area contributed by atoms with Crippen LogP contribution in [0.4, 0.5) is 4.39 Å². The second-order valence-corrected chi connectivity index (χ2v) is 5.44. The second kappa shape index (κ2) is 4.37. The Morgan fingerprint density at radius 2 is 2.00 bits per heavy atom. The first-order valence-electron chi connectivity index (χ1n) is 5.95. The minimum Gasteiger partial charge on any atom is -0.241 e. The average Bonchev–Trinajstić information content (AvgIpc) is 2.74. The molecular weight excluding hydrogens is 285 g/mol. The zero-order valence-corrected chi connectivity index (χ0v) is 11.0. The van der Waals surface area contributed by atoms with Crippen LogP contribution in [0.15, 0.2) is 16.6 Å². The largest absolute Gasteiger partial charge is 0.241 e. The van der Waals surface area contributed by atoms with E-state index in [4.69, 9.17) is 0 Å². The number of rotatable bonds is 1. The molecule has 0 saturated heterocycles. The van der Waals surface area contributed by atoms with E-state index < -0.39 is 0 Å². The van der Waals surface area contributed by atoms with E-state index in [1.807, 2.05) is 4.68 Å². The molecule has 1 heterocycles. The van der Waals surface area contributed by atoms with Crippen LogP contribution in [-0.4, -0.2) is 15.0 Å². The van der Waals surface area contributed by atoms with Crippen LogP contribution in [0.3, 0.4) is 0 Å². The number of halogens is 2. The van der Waals surface area contributed by atoms with Crippen LogP contribution in [0, 0.1) is 5.82 Å². The Bertz CT molecular complexity index is 546. The zero-order valence-electron chi connectivity index (χ0n) is 9.37. The lowest BCUT2D eigenvalue weighted by atomic mass is 9.95. The maximum Gasteiger partial charge on any atom is 0.139 e. The predicted molar refractivity (Wildman–Crippen MR) is 67.3 cm³/mol. The zero-order chi connectivity index (χ0) is 11.8. The lowest BCUT2D eigenvalue weighted by Gasteiger charge is -2.21. The minimum atomic E-state index is -0.253. The van der Waals surface area contributed by atoms with Gasteiger partial charge in [-0.2, -0.15) is 0 Å². The molecule has 3 rings (SSSR count). The molecule has 0 aliphatic heterocycles. The first-order valence-corrected chi connectivity index (χ1v) is 6.75. The highest BCUT2D eigenvalue weighted by Crippen LogP contribution is 2.31. The normalized spacial score (nSPS) is 17.8. The van der Waals surface area contributed by atoms with Gasteiger partial charge >= 0.3 is 0 Å². The molecule has 0 radical (unpaired) electrons. The van der Waals surface area contributed by atoms with Crippen molar-refractivity contribution in [2.45, 2.75) is 38.1 Å². The van der Waals surface area contributed by atoms with Crippen molar-refractivity contribution < 1.29 is 4.39 Å². The molecule has 0 amide bonds. The first-order chi connectivity index (χ1) is 8.25. The van der Waals surface area contributed by atoms with Gasteiger partial charge in [0.05, 0.1) is 16.0 Å². The fourth-order valence-electron chi connectivity index (χ4n) is 2.53. The summed E-state index contributed by atoms with van der Waals surface area (Å²) in [5, 5.41) is 8.29. The summed E-state index contributed by atoms with van der Waals surface area (Å²) in [7, 11) is 0. The van der Waals surface area contributed by atoms with Crippen LogP contribution in [0.5, 0.6) is 0 Å². The number of nitrogens with zero attached hydrogens (tertiary/aromatic N) is 3. The highest BCUT2D eigenvalue weighted by atomic mass is 79.9. The van der Waals surface area contributed by atoms with Crippen LogP contribution >= 0.6 is 15.9 Å². The number of benzene rings is 1. The van der Waals surface area contributed by atoms with Gasteiger partial charge in [-0.25, -0.2) is 9.07 Å². The third-order valence-electron chi connectivity index (χ3n) is 3.43. The van der Waals surface area contributed by atoms with Crippen LogP contribution in [0.1, 0.15) is 38.1 Å². The van der Waals surface area contributed by atoms with Crippen LogP contribution in [0.25, 0.3) is 11.0 Å². The van der Waals surface area contributed by atoms with E-state index in [1.54, 1.807) is 6.07 Å². The number of fused-ring (bicyclic) bond motifs is 1. The topological polar surface area (TPSA) is 30.7 Å². The van der Waals surface area contributed by atoms with E-state index in [0.29, 0.717) is 10.5 Å². The van der Waals surface area contributed by atoms with Crippen molar-refractivity contribution in [1.82, 2.24) is 15.0 Å². The van der Waals surface area contributed by atoms with E-state index in [1.165, 1.54) is 25.3 Å². The minimum absolute atomic E-state index is 0.253. The Hall–Kier alpha value is -0.970. The summed E-state index contributed by atoms with van der Waals surface area (Å²) >= 11 is 3.17. The summed E-state index contributed by atoms with van der Waals surface area (Å²) in [6, 6.07) is 3.60. The van der Waals surface area contributed by atoms with Crippen LogP contribution < -0.4 is 0 Å². The highest BCUT2D eigenvalue weighted by Gasteiger charge is 2.19. The van der Waals surface area contributed by atoms with E-state index >= 15 is 0 Å². The Morgan fingerprint density at radius 1 is 1.24 bits per heavy atom. The summed E-state index contributed by atoms with van der Waals surface area (Å²) in [5.41, 5.74) is 1.56. The summed E-state index contributed by atoms with van der Waals surface area (Å²) in [6.07, 6.45) is 5.99. The van der Waals surface area contributed by atoms with Gasteiger partial charge in [-0.05, 0) is 34.8 Å². The second-order valence-electron chi connectivity index (χ2n) is 4.58. The van der Waals surface area contributed by atoms with Crippen molar-refractivity contribution in [1.29, 1.82) is 0 Å². The first kappa shape index (κ1) is 11.1. The lowest BCUT2D eigenvalue weighted by Crippen LogP contribution is -2.14. The SMILES string of the molecule is Fc1cc2c(cc1Br)nnn2C1CCCCC1. The van der Waals surface area contributed by atoms with Crippen LogP contribution in [0.2, 0.25) is 0 Å². The van der Waals surface area contributed by atoms with Gasteiger partial charge in [0.2, 0.25) is 0 Å². The van der Waals surface area contributed by atoms with Crippen molar-refractivity contribution in [3.63, 3.8) is 0 Å². The standard InChI is InChI=1S/C12H13BrFN3/c13-9-6-11-12(7-10(9)14)17(16-15-11)8-4-2-1-3-5-8/h6-8H,1-5H2. The van der Waals surface area contributed by atoms with Gasteiger partial charge in [-0.15, -0.1) is 5.10 Å². The molecule has 1 aromatic carbocycles. The van der Waals surface area contributed by atoms with E-state index in [0.717, 1.165) is 23.9 Å². The van der Waals surface area contributed by atoms with Crippen molar-refractivity contribution in [3.8, 4) is 0 Å². The average molecular weight is 298 g/mol. The molecule has 0 bridgehead atoms. The Balaban J connectivity index is 2.07. The van der Waals surface area contributed by atoms with E-state index in [-0.39, 0.29) is 5.82 Å². The molecule has 90 valence electrons. The summed E-state index contributed by atoms with van der Waals surface area (Å²) < 4.78 is 15.9. The molecule has 1 fully saturated rings. The van der Waals surface area contributed by atoms with E-state index in [2.05, 4.69) is 26.2 Å². The molecule has 5 heteroatoms. The lowest BCUT2D eigenvalue weighted by molar-refractivity contribution is 0.331. The van der Waals surface area contributed by atoms with Gasteiger partial charge in [0, 0.05) is 6.07 Å². The number of hydrogen-bond acceptors (Lipinski definition) is 2. The van der Waals surface area contributed by atoms with Gasteiger partial charge < -0.3 is 0 Å². The van der Waals surface area contributed by atoms with Crippen molar-refractivity contribution >= 4 is 27.0 Å². The fraction of sp³-hybridized carbons (Fsp3) is 0.500. The maximum atomic E-state index is 13.6. The third-order valence-corrected chi connectivity index (χ3v) is 4.04. The number of aromatic nitrogens is 3. The van der Waals surface area contributed by atoms with E-state index in [9.17, 15) is 4.39 Å². The summed E-state index contributed by atoms with van der Waals surface area (Å²) in [6.45, 7) is 0. The molecule has 1 aromatic heterocycles. The quantitative estimate of drug-likeness (QED) is 0.801. The Kier molecular flexibility index (Phi) is 2.86. The van der Waals surface area contributed by atoms with Gasteiger partial charge in [0.25, 0.3) is 0 Å². The van der Waals surface area contributed by atoms with Gasteiger partial charge in [0.15, 0.2) is 0 Å². The van der Waals surface area contributed by atoms with Gasteiger partial charge in [-0.3, -0.25) is 0 Å². The summed E-state index contributed by atoms with van der Waals surface area (Å²) in [5.74, 6) is -0.253. The molecule has 1 aliphatic carbocycles. The fourth-order valence-corrected chi connectivity index (χ4v) is 2.86. The molecule has 1 aliphatic rings. The monoisotopic (exact) mass is 297 g/mol. The number of hydrogen-bond donors (Lipinski definition) is 0. The molecular formula is C12H13BrFN3. The Labute approximate surface area is 107 Å². The molecule has 0 spiro atoms. The molecule has 2 aromatic rings. The molecule has 0 N–H and O–H groups in total. The molecule has 17 heavy (non-hydrogen) atoms. The van der Waals surface area contributed by atoms with Gasteiger partial charge in [0.1, 0.15) is 11.3 Å². The van der Waals surface area contributed by atoms with Crippen molar-refractivity contribution in [3.05, 3.63) is 22.4 Å². The maximum absolute atomic E-state index is 13.6. The van der Waals surface area contributed by atoms with Gasteiger partial charge in [-0.1, -0.05) is 24.5 Å². The third kappa shape index (κ3) is 1.97. The Morgan fingerprint density at radius 3 is 2.76 bits per heavy atom. The molecule has 0 atom stereocenters. The highest BCUT2D eigenvalue weighted by molar-refractivity contribution is 9.10. The van der Waals surface area contributed by atoms with Crippen molar-refractivity contribution in [2.75, 3.05) is 0 Å².